The Balaban J connectivity index is 1.20. The van der Waals surface area contributed by atoms with Crippen LogP contribution in [0.1, 0.15) is 53.4 Å². The molecule has 0 radical (unpaired) electrons. The van der Waals surface area contributed by atoms with Crippen LogP contribution in [0.15, 0.2) is 53.5 Å². The summed E-state index contributed by atoms with van der Waals surface area (Å²) in [5.74, 6) is 0.698. The monoisotopic (exact) mass is 534 g/mol. The summed E-state index contributed by atoms with van der Waals surface area (Å²) < 4.78 is 5.77. The first-order valence-corrected chi connectivity index (χ1v) is 13.1. The van der Waals surface area contributed by atoms with Crippen LogP contribution in [0, 0.1) is 5.92 Å². The molecule has 4 aromatic rings. The van der Waals surface area contributed by atoms with Crippen LogP contribution in [0.2, 0.25) is 10.0 Å². The van der Waals surface area contributed by atoms with E-state index in [2.05, 4.69) is 32.2 Å². The number of rotatable bonds is 6. The van der Waals surface area contributed by atoms with Crippen LogP contribution in [0.4, 0.5) is 5.69 Å². The Morgan fingerprint density at radius 2 is 1.84 bits per heavy atom. The van der Waals surface area contributed by atoms with Crippen LogP contribution in [0.25, 0.3) is 28.1 Å². The number of piperidine rings is 1. The number of aromatic carboxylic acids is 1. The van der Waals surface area contributed by atoms with Gasteiger partial charge in [0.25, 0.3) is 0 Å². The lowest BCUT2D eigenvalue weighted by atomic mass is 9.94. The molecule has 0 unspecified atom stereocenters. The molecule has 0 bridgehead atoms. The average Bonchev–Trinajstić information content (AvgIpc) is 3.67. The maximum atomic E-state index is 11.5. The highest BCUT2D eigenvalue weighted by Crippen LogP contribution is 2.46. The lowest BCUT2D eigenvalue weighted by molar-refractivity contribution is 0.0693. The van der Waals surface area contributed by atoms with Crippen molar-refractivity contribution in [3.8, 4) is 11.3 Å². The molecule has 37 heavy (non-hydrogen) atoms. The molecule has 2 aliphatic rings. The van der Waals surface area contributed by atoms with E-state index in [1.807, 2.05) is 24.3 Å². The number of aromatic nitrogens is 3. The Labute approximate surface area is 223 Å². The third-order valence-electron chi connectivity index (χ3n) is 7.18. The van der Waals surface area contributed by atoms with Gasteiger partial charge in [0, 0.05) is 59.8 Å². The van der Waals surface area contributed by atoms with Gasteiger partial charge in [-0.3, -0.25) is 4.98 Å². The Hall–Kier alpha value is -3.42. The smallest absolute Gasteiger partial charge is 0.355 e. The number of anilines is 1. The van der Waals surface area contributed by atoms with Crippen LogP contribution in [-0.2, 0) is 0 Å². The van der Waals surface area contributed by atoms with Gasteiger partial charge in [0.2, 0.25) is 0 Å². The highest BCUT2D eigenvalue weighted by molar-refractivity contribution is 6.39. The van der Waals surface area contributed by atoms with E-state index in [-0.39, 0.29) is 5.69 Å². The molecule has 1 saturated carbocycles. The maximum absolute atomic E-state index is 11.5. The quantitative estimate of drug-likeness (QED) is 0.282. The third kappa shape index (κ3) is 4.69. The Morgan fingerprint density at radius 1 is 1.08 bits per heavy atom. The van der Waals surface area contributed by atoms with Crippen molar-refractivity contribution >= 4 is 51.7 Å². The van der Waals surface area contributed by atoms with E-state index in [1.165, 1.54) is 0 Å². The van der Waals surface area contributed by atoms with Crippen molar-refractivity contribution < 1.29 is 14.4 Å². The summed E-state index contributed by atoms with van der Waals surface area (Å²) in [4.78, 5) is 21.9. The summed E-state index contributed by atoms with van der Waals surface area (Å²) in [7, 11) is 0. The van der Waals surface area contributed by atoms with E-state index in [4.69, 9.17) is 27.7 Å². The maximum Gasteiger partial charge on any atom is 0.355 e. The molecule has 1 aliphatic heterocycles. The van der Waals surface area contributed by atoms with Crippen molar-refractivity contribution in [2.24, 2.45) is 5.92 Å². The van der Waals surface area contributed by atoms with Gasteiger partial charge in [-0.15, -0.1) is 0 Å². The van der Waals surface area contributed by atoms with E-state index in [1.54, 1.807) is 18.6 Å². The van der Waals surface area contributed by atoms with Crippen molar-refractivity contribution in [1.29, 1.82) is 0 Å². The zero-order valence-electron chi connectivity index (χ0n) is 19.9. The van der Waals surface area contributed by atoms with Gasteiger partial charge in [0.1, 0.15) is 11.5 Å². The summed E-state index contributed by atoms with van der Waals surface area (Å²) in [5, 5.41) is 16.2. The largest absolute Gasteiger partial charge is 0.476 e. The standard InChI is InChI=1S/C28H24Cl2N4O3/c29-22-14-31-15-23(30)24(22)25-21(27(37-33-25)17-2-3-17)5-1-16-8-11-34(12-9-16)19-4-6-20-18(13-19)7-10-32-26(20)28(35)36/h1,4-7,10,13-17H,2-3,8-9,11-12H2,(H,35,36)/b5-1+. The number of carboxylic acids is 1. The summed E-state index contributed by atoms with van der Waals surface area (Å²) in [6.45, 7) is 1.82. The van der Waals surface area contributed by atoms with E-state index < -0.39 is 5.97 Å². The zero-order valence-corrected chi connectivity index (χ0v) is 21.4. The number of allylic oxidation sites excluding steroid dienone is 1. The molecule has 9 heteroatoms. The van der Waals surface area contributed by atoms with Crippen molar-refractivity contribution in [3.05, 3.63) is 76.0 Å². The predicted octanol–water partition coefficient (Wildman–Crippen LogP) is 7.10. The molecule has 4 heterocycles. The third-order valence-corrected chi connectivity index (χ3v) is 7.76. The zero-order chi connectivity index (χ0) is 25.5. The Kier molecular flexibility index (Phi) is 6.34. The Morgan fingerprint density at radius 3 is 2.54 bits per heavy atom. The molecule has 6 rings (SSSR count). The van der Waals surface area contributed by atoms with Crippen LogP contribution in [-0.4, -0.2) is 39.3 Å². The second-order valence-corrected chi connectivity index (χ2v) is 10.4. The number of hydrogen-bond acceptors (Lipinski definition) is 6. The topological polar surface area (TPSA) is 92.3 Å². The number of hydrogen-bond donors (Lipinski definition) is 1. The number of carbonyl (C=O) groups is 1. The first kappa shape index (κ1) is 23.9. The van der Waals surface area contributed by atoms with Gasteiger partial charge in [0.05, 0.1) is 10.0 Å². The minimum absolute atomic E-state index is 0.0842. The van der Waals surface area contributed by atoms with E-state index >= 15 is 0 Å². The van der Waals surface area contributed by atoms with Crippen LogP contribution < -0.4 is 4.90 Å². The number of carboxylic acid groups (broad SMARTS) is 1. The normalized spacial score (nSPS) is 16.6. The van der Waals surface area contributed by atoms with E-state index in [0.717, 1.165) is 61.2 Å². The fourth-order valence-corrected chi connectivity index (χ4v) is 5.59. The van der Waals surface area contributed by atoms with Crippen molar-refractivity contribution in [1.82, 2.24) is 15.1 Å². The van der Waals surface area contributed by atoms with Gasteiger partial charge in [-0.1, -0.05) is 40.5 Å². The van der Waals surface area contributed by atoms with E-state index in [0.29, 0.717) is 38.5 Å². The summed E-state index contributed by atoms with van der Waals surface area (Å²) in [5.41, 5.74) is 3.45. The molecule has 1 aliphatic carbocycles. The SMILES string of the molecule is O=C(O)c1nccc2cc(N3CCC(/C=C/c4c(-c5c(Cl)cncc5Cl)noc4C4CC4)CC3)ccc12. The molecule has 1 aromatic carbocycles. The Bertz CT molecular complexity index is 1500. The molecule has 1 saturated heterocycles. The van der Waals surface area contributed by atoms with Crippen LogP contribution in [0.5, 0.6) is 0 Å². The van der Waals surface area contributed by atoms with Crippen molar-refractivity contribution in [2.75, 3.05) is 18.0 Å². The molecule has 0 spiro atoms. The number of fused-ring (bicyclic) bond motifs is 1. The van der Waals surface area contributed by atoms with Gasteiger partial charge < -0.3 is 14.5 Å². The second kappa shape index (κ2) is 9.80. The average molecular weight is 535 g/mol. The molecule has 188 valence electrons. The molecule has 0 amide bonds. The lowest BCUT2D eigenvalue weighted by Gasteiger charge is -2.32. The molecule has 0 atom stereocenters. The van der Waals surface area contributed by atoms with Gasteiger partial charge in [-0.2, -0.15) is 0 Å². The highest BCUT2D eigenvalue weighted by Gasteiger charge is 2.33. The first-order chi connectivity index (χ1) is 18.0. The minimum Gasteiger partial charge on any atom is -0.476 e. The van der Waals surface area contributed by atoms with Gasteiger partial charge in [-0.25, -0.2) is 9.78 Å². The minimum atomic E-state index is -1.01. The highest BCUT2D eigenvalue weighted by atomic mass is 35.5. The fourth-order valence-electron chi connectivity index (χ4n) is 5.04. The van der Waals surface area contributed by atoms with Gasteiger partial charge in [0.15, 0.2) is 5.69 Å². The summed E-state index contributed by atoms with van der Waals surface area (Å²) in [6.07, 6.45) is 13.3. The number of nitrogens with zero attached hydrogens (tertiary/aromatic N) is 4. The molecule has 3 aromatic heterocycles. The first-order valence-electron chi connectivity index (χ1n) is 12.3. The summed E-state index contributed by atoms with van der Waals surface area (Å²) >= 11 is 12.9. The molecule has 1 N–H and O–H groups in total. The molecular weight excluding hydrogens is 511 g/mol. The lowest BCUT2D eigenvalue weighted by Crippen LogP contribution is -2.33. The van der Waals surface area contributed by atoms with Crippen LogP contribution >= 0.6 is 23.2 Å². The number of pyridine rings is 2. The van der Waals surface area contributed by atoms with Gasteiger partial charge in [-0.05, 0) is 61.3 Å². The molecule has 2 fully saturated rings. The fraction of sp³-hybridized carbons (Fsp3) is 0.286. The second-order valence-electron chi connectivity index (χ2n) is 9.62. The van der Waals surface area contributed by atoms with Crippen LogP contribution in [0.3, 0.4) is 0 Å². The molecule has 7 nitrogen and oxygen atoms in total. The van der Waals surface area contributed by atoms with Crippen molar-refractivity contribution in [2.45, 2.75) is 31.6 Å². The van der Waals surface area contributed by atoms with Gasteiger partial charge >= 0.3 is 5.97 Å². The predicted molar refractivity (Wildman–Crippen MR) is 144 cm³/mol. The van der Waals surface area contributed by atoms with Crippen molar-refractivity contribution in [3.63, 3.8) is 0 Å². The number of halogens is 2. The summed E-state index contributed by atoms with van der Waals surface area (Å²) in [6, 6.07) is 7.75. The van der Waals surface area contributed by atoms with E-state index in [9.17, 15) is 9.90 Å². The molecular formula is C28H24Cl2N4O3. The number of benzene rings is 1.